The predicted octanol–water partition coefficient (Wildman–Crippen LogP) is 13.3. The van der Waals surface area contributed by atoms with Crippen LogP contribution in [-0.4, -0.2) is 0 Å². The molecule has 10 aromatic rings. The van der Waals surface area contributed by atoms with Gasteiger partial charge in [0, 0.05) is 0 Å². The van der Waals surface area contributed by atoms with Gasteiger partial charge in [0.25, 0.3) is 0 Å². The molecule has 0 nitrogen and oxygen atoms in total. The zero-order valence-corrected chi connectivity index (χ0v) is 31.2. The van der Waals surface area contributed by atoms with E-state index in [1.54, 1.807) is 0 Å². The van der Waals surface area contributed by atoms with Gasteiger partial charge in [-0.3, -0.25) is 0 Å². The Morgan fingerprint density at radius 2 is 0.709 bits per heavy atom. The third-order valence-electron chi connectivity index (χ3n) is 11.5. The Bertz CT molecular complexity index is 3010. The summed E-state index contributed by atoms with van der Waals surface area (Å²) in [6.07, 6.45) is 0. The Morgan fingerprint density at radius 1 is 0.255 bits per heavy atom. The molecule has 0 heterocycles. The van der Waals surface area contributed by atoms with Crippen LogP contribution in [0.15, 0.2) is 212 Å². The highest BCUT2D eigenvalue weighted by Gasteiger charge is 2.30. The molecule has 0 radical (unpaired) electrons. The minimum absolute atomic E-state index is 1.11. The van der Waals surface area contributed by atoms with Crippen molar-refractivity contribution in [2.75, 3.05) is 0 Å². The van der Waals surface area contributed by atoms with E-state index in [1.807, 2.05) is 0 Å². The summed E-state index contributed by atoms with van der Waals surface area (Å²) >= 11 is 0. The largest absolute Gasteiger partial charge is 0.102 e. The van der Waals surface area contributed by atoms with Crippen molar-refractivity contribution in [1.82, 2.24) is 0 Å². The van der Waals surface area contributed by atoms with Crippen LogP contribution < -0.4 is 15.9 Å². The van der Waals surface area contributed by atoms with Gasteiger partial charge in [-0.15, -0.1) is 0 Å². The molecule has 1 heteroatoms. The first-order valence-corrected chi connectivity index (χ1v) is 20.6. The highest BCUT2D eigenvalue weighted by Crippen LogP contribution is 2.57. The van der Waals surface area contributed by atoms with Crippen molar-refractivity contribution in [1.29, 1.82) is 0 Å². The number of hydrogen-bond acceptors (Lipinski definition) is 0. The van der Waals surface area contributed by atoms with Crippen LogP contribution in [0, 0.1) is 0 Å². The standard InChI is InChI=1S/C54H35P/c1-4-14-38(15-5-1)51-46-22-10-11-23-47(46)52(54-49-25-13-17-37-16-12-24-48(50(37)49)53(51)54)42-29-28-40-34-39(26-27-41(40)35-42)36-30-32-45(33-31-36)55(43-18-6-2-7-19-43)44-20-8-3-9-21-44/h1-35H/p+1. The van der Waals surface area contributed by atoms with Gasteiger partial charge in [0.1, 0.15) is 15.9 Å². The summed E-state index contributed by atoms with van der Waals surface area (Å²) in [4.78, 5) is 0. The molecule has 0 N–H and O–H groups in total. The molecule has 1 aliphatic carbocycles. The summed E-state index contributed by atoms with van der Waals surface area (Å²) in [6, 6.07) is 78.9. The summed E-state index contributed by atoms with van der Waals surface area (Å²) in [7, 11) is -1.11. The molecule has 0 atom stereocenters. The molecule has 10 aromatic carbocycles. The lowest BCUT2D eigenvalue weighted by Crippen LogP contribution is -2.20. The van der Waals surface area contributed by atoms with E-state index in [2.05, 4.69) is 212 Å². The smallest absolute Gasteiger partial charge is 0.0622 e. The molecule has 0 spiro atoms. The van der Waals surface area contributed by atoms with E-state index in [1.165, 1.54) is 104 Å². The molecule has 0 aliphatic heterocycles. The Morgan fingerprint density at radius 3 is 1.29 bits per heavy atom. The molecule has 0 aromatic heterocycles. The molecule has 1 aliphatic rings. The first-order chi connectivity index (χ1) is 27.3. The molecule has 0 saturated carbocycles. The third kappa shape index (κ3) is 5.25. The van der Waals surface area contributed by atoms with E-state index in [0.29, 0.717) is 0 Å². The van der Waals surface area contributed by atoms with E-state index in [9.17, 15) is 0 Å². The average Bonchev–Trinajstić information content (AvgIpc) is 3.59. The van der Waals surface area contributed by atoms with Gasteiger partial charge in [-0.2, -0.15) is 0 Å². The Balaban J connectivity index is 1.04. The predicted molar refractivity (Wildman–Crippen MR) is 240 cm³/mol. The van der Waals surface area contributed by atoms with Crippen LogP contribution in [0.4, 0.5) is 0 Å². The zero-order chi connectivity index (χ0) is 36.3. The minimum atomic E-state index is -1.11. The van der Waals surface area contributed by atoms with Crippen LogP contribution in [-0.2, 0) is 0 Å². The maximum absolute atomic E-state index is 2.41. The second-order valence-electron chi connectivity index (χ2n) is 14.6. The summed E-state index contributed by atoms with van der Waals surface area (Å²) in [5.41, 5.74) is 12.9. The lowest BCUT2D eigenvalue weighted by molar-refractivity contribution is 1.63. The third-order valence-corrected chi connectivity index (χ3v) is 14.2. The first-order valence-electron chi connectivity index (χ1n) is 19.1. The van der Waals surface area contributed by atoms with E-state index in [4.69, 9.17) is 0 Å². The average molecular weight is 716 g/mol. The van der Waals surface area contributed by atoms with Gasteiger partial charge in [-0.25, -0.2) is 0 Å². The number of rotatable bonds is 6. The monoisotopic (exact) mass is 715 g/mol. The Labute approximate surface area is 322 Å². The van der Waals surface area contributed by atoms with Gasteiger partial charge < -0.3 is 0 Å². The van der Waals surface area contributed by atoms with Crippen LogP contribution in [0.3, 0.4) is 0 Å². The van der Waals surface area contributed by atoms with Crippen molar-refractivity contribution in [2.45, 2.75) is 0 Å². The molecule has 0 unspecified atom stereocenters. The zero-order valence-electron chi connectivity index (χ0n) is 30.2. The molecule has 0 saturated heterocycles. The summed E-state index contributed by atoms with van der Waals surface area (Å²) in [5.74, 6) is 0. The van der Waals surface area contributed by atoms with Crippen LogP contribution >= 0.6 is 7.92 Å². The first kappa shape index (κ1) is 31.9. The van der Waals surface area contributed by atoms with Gasteiger partial charge in [0.05, 0.1) is 7.92 Å². The topological polar surface area (TPSA) is 0 Å². The molecule has 0 fully saturated rings. The van der Waals surface area contributed by atoms with Gasteiger partial charge in [-0.1, -0.05) is 164 Å². The minimum Gasteiger partial charge on any atom is -0.0622 e. The molecule has 0 amide bonds. The SMILES string of the molecule is c1ccc(-c2c3c(c(-c4ccc5cc(-c6ccc([PH+](c7ccccc7)c7ccccc7)cc6)ccc5c4)c4ccccc24)-c2cccc4cccc-3c24)cc1. The fraction of sp³-hybridized carbons (Fsp3) is 0. The highest BCUT2D eigenvalue weighted by molar-refractivity contribution is 7.79. The molecule has 11 rings (SSSR count). The van der Waals surface area contributed by atoms with Crippen LogP contribution in [0.2, 0.25) is 0 Å². The van der Waals surface area contributed by atoms with Crippen LogP contribution in [0.25, 0.3) is 88.0 Å². The molecular weight excluding hydrogens is 680 g/mol. The van der Waals surface area contributed by atoms with Gasteiger partial charge in [-0.05, 0) is 136 Å². The molecule has 256 valence electrons. The van der Waals surface area contributed by atoms with Crippen LogP contribution in [0.1, 0.15) is 0 Å². The summed E-state index contributed by atoms with van der Waals surface area (Å²) < 4.78 is 0. The molecule has 55 heavy (non-hydrogen) atoms. The number of benzene rings is 10. The van der Waals surface area contributed by atoms with Gasteiger partial charge in [0.2, 0.25) is 0 Å². The lowest BCUT2D eigenvalue weighted by Gasteiger charge is -2.20. The van der Waals surface area contributed by atoms with E-state index in [0.717, 1.165) is 0 Å². The van der Waals surface area contributed by atoms with Crippen molar-refractivity contribution in [2.24, 2.45) is 0 Å². The maximum Gasteiger partial charge on any atom is 0.102 e. The van der Waals surface area contributed by atoms with Gasteiger partial charge >= 0.3 is 0 Å². The molecular formula is C54H36P+. The Kier molecular flexibility index (Phi) is 7.58. The van der Waals surface area contributed by atoms with Crippen molar-refractivity contribution in [3.05, 3.63) is 212 Å². The second kappa shape index (κ2) is 13.1. The second-order valence-corrected chi connectivity index (χ2v) is 17.1. The van der Waals surface area contributed by atoms with Crippen molar-refractivity contribution >= 4 is 56.2 Å². The van der Waals surface area contributed by atoms with Gasteiger partial charge in [0.15, 0.2) is 0 Å². The fourth-order valence-corrected chi connectivity index (χ4v) is 11.6. The van der Waals surface area contributed by atoms with Crippen molar-refractivity contribution in [3.8, 4) is 55.6 Å². The van der Waals surface area contributed by atoms with Crippen LogP contribution in [0.5, 0.6) is 0 Å². The number of hydrogen-bond donors (Lipinski definition) is 0. The normalized spacial score (nSPS) is 11.8. The van der Waals surface area contributed by atoms with E-state index >= 15 is 0 Å². The van der Waals surface area contributed by atoms with Crippen molar-refractivity contribution in [3.63, 3.8) is 0 Å². The Hall–Kier alpha value is -6.59. The summed E-state index contributed by atoms with van der Waals surface area (Å²) in [5, 5.41) is 11.9. The quantitative estimate of drug-likeness (QED) is 0.150. The van der Waals surface area contributed by atoms with E-state index < -0.39 is 7.92 Å². The highest BCUT2D eigenvalue weighted by atomic mass is 31.1. The van der Waals surface area contributed by atoms with Crippen molar-refractivity contribution < 1.29 is 0 Å². The maximum atomic E-state index is 2.41. The number of fused-ring (bicyclic) bond motifs is 5. The lowest BCUT2D eigenvalue weighted by atomic mass is 9.82. The summed E-state index contributed by atoms with van der Waals surface area (Å²) in [6.45, 7) is 0. The molecule has 0 bridgehead atoms. The van der Waals surface area contributed by atoms with E-state index in [-0.39, 0.29) is 0 Å². The fourth-order valence-electron chi connectivity index (χ4n) is 9.06.